The molecule has 0 amide bonds. The van der Waals surface area contributed by atoms with Crippen molar-refractivity contribution in [3.8, 4) is 11.4 Å². The highest BCUT2D eigenvalue weighted by atomic mass is 16.6. The van der Waals surface area contributed by atoms with Gasteiger partial charge in [-0.2, -0.15) is 0 Å². The summed E-state index contributed by atoms with van der Waals surface area (Å²) >= 11 is 0. The molecule has 0 spiro atoms. The molecule has 0 saturated carbocycles. The summed E-state index contributed by atoms with van der Waals surface area (Å²) in [6, 6.07) is 11.5. The second-order valence-electron chi connectivity index (χ2n) is 7.20. The van der Waals surface area contributed by atoms with E-state index in [0.29, 0.717) is 22.5 Å². The fourth-order valence-corrected chi connectivity index (χ4v) is 4.28. The smallest absolute Gasteiger partial charge is 0.343 e. The molecule has 0 radical (unpaired) electrons. The van der Waals surface area contributed by atoms with Crippen LogP contribution >= 0.6 is 0 Å². The Morgan fingerprint density at radius 1 is 1.32 bits per heavy atom. The molecule has 5 rings (SSSR count). The number of rotatable bonds is 2. The molecule has 7 nitrogen and oxygen atoms in total. The Morgan fingerprint density at radius 2 is 2.11 bits per heavy atom. The molecule has 0 fully saturated rings. The molecule has 2 aliphatic rings. The predicted octanol–water partition coefficient (Wildman–Crippen LogP) is 1.80. The van der Waals surface area contributed by atoms with Crippen LogP contribution in [0.5, 0.6) is 0 Å². The maximum absolute atomic E-state index is 13.3. The number of ether oxygens (including phenoxy) is 1. The molecule has 142 valence electrons. The lowest BCUT2D eigenvalue weighted by Crippen LogP contribution is -2.45. The van der Waals surface area contributed by atoms with Crippen LogP contribution in [0.15, 0.2) is 41.2 Å². The monoisotopic (exact) mass is 377 g/mol. The molecule has 2 atom stereocenters. The van der Waals surface area contributed by atoms with Gasteiger partial charge in [0.2, 0.25) is 0 Å². The standard InChI is InChI=1S/C21H19N3O4/c1-3-21(27)14-9-16-17-12(8-11-6-4-5-7-15(11)23-17)18(22-2)24(16)19(25)13(14)10-28-20(21)26/h4-9,18,22,27H,3,10H2,1-2H3. The Morgan fingerprint density at radius 3 is 2.86 bits per heavy atom. The normalized spacial score (nSPS) is 22.5. The summed E-state index contributed by atoms with van der Waals surface area (Å²) in [5.74, 6) is -0.721. The van der Waals surface area contributed by atoms with E-state index in [-0.39, 0.29) is 24.8 Å². The van der Waals surface area contributed by atoms with Crippen LogP contribution in [0.3, 0.4) is 0 Å². The van der Waals surface area contributed by atoms with Crippen molar-refractivity contribution in [1.82, 2.24) is 14.9 Å². The summed E-state index contributed by atoms with van der Waals surface area (Å²) in [5, 5.41) is 15.1. The maximum Gasteiger partial charge on any atom is 0.343 e. The third-order valence-corrected chi connectivity index (χ3v) is 5.81. The molecule has 0 bridgehead atoms. The quantitative estimate of drug-likeness (QED) is 0.662. The van der Waals surface area contributed by atoms with Gasteiger partial charge in [-0.05, 0) is 31.7 Å². The van der Waals surface area contributed by atoms with Crippen LogP contribution < -0.4 is 10.9 Å². The number of hydrogen-bond acceptors (Lipinski definition) is 6. The zero-order valence-corrected chi connectivity index (χ0v) is 15.5. The molecule has 3 aromatic rings. The van der Waals surface area contributed by atoms with Crippen LogP contribution in [0.4, 0.5) is 0 Å². The SMILES string of the molecule is CCC1(O)C(=O)OCc2c1cc1n(c2=O)C(NC)c2cc3ccccc3nc2-1. The number of pyridine rings is 2. The van der Waals surface area contributed by atoms with E-state index in [1.165, 1.54) is 0 Å². The van der Waals surface area contributed by atoms with Gasteiger partial charge in [0.25, 0.3) is 5.56 Å². The zero-order valence-electron chi connectivity index (χ0n) is 15.5. The van der Waals surface area contributed by atoms with Crippen LogP contribution in [0.25, 0.3) is 22.3 Å². The Kier molecular flexibility index (Phi) is 3.50. The van der Waals surface area contributed by atoms with Crippen LogP contribution in [0.1, 0.15) is 36.2 Å². The third-order valence-electron chi connectivity index (χ3n) is 5.81. The van der Waals surface area contributed by atoms with E-state index in [4.69, 9.17) is 9.72 Å². The largest absolute Gasteiger partial charge is 0.458 e. The summed E-state index contributed by atoms with van der Waals surface area (Å²) in [4.78, 5) is 30.4. The van der Waals surface area contributed by atoms with Crippen molar-refractivity contribution in [2.45, 2.75) is 31.7 Å². The van der Waals surface area contributed by atoms with E-state index in [9.17, 15) is 14.7 Å². The molecule has 0 saturated heterocycles. The van der Waals surface area contributed by atoms with Crippen molar-refractivity contribution in [3.63, 3.8) is 0 Å². The number of carbonyl (C=O) groups is 1. The van der Waals surface area contributed by atoms with E-state index in [1.807, 2.05) is 30.3 Å². The topological polar surface area (TPSA) is 93.5 Å². The summed E-state index contributed by atoms with van der Waals surface area (Å²) in [6.07, 6.45) is -0.262. The van der Waals surface area contributed by atoms with Crippen molar-refractivity contribution >= 4 is 16.9 Å². The molecule has 0 aliphatic carbocycles. The predicted molar refractivity (Wildman–Crippen MR) is 103 cm³/mol. The van der Waals surface area contributed by atoms with Crippen LogP contribution in [0, 0.1) is 0 Å². The van der Waals surface area contributed by atoms with Gasteiger partial charge in [0.15, 0.2) is 5.60 Å². The summed E-state index contributed by atoms with van der Waals surface area (Å²) in [5.41, 5.74) is 1.49. The van der Waals surface area contributed by atoms with E-state index >= 15 is 0 Å². The minimum absolute atomic E-state index is 0.120. The molecule has 28 heavy (non-hydrogen) atoms. The first-order valence-electron chi connectivity index (χ1n) is 9.25. The highest BCUT2D eigenvalue weighted by Gasteiger charge is 2.46. The Hall–Kier alpha value is -3.03. The van der Waals surface area contributed by atoms with E-state index in [2.05, 4.69) is 5.32 Å². The average Bonchev–Trinajstić information content (AvgIpc) is 3.02. The van der Waals surface area contributed by atoms with E-state index in [1.54, 1.807) is 24.6 Å². The number of aliphatic hydroxyl groups is 1. The highest BCUT2D eigenvalue weighted by molar-refractivity contribution is 5.86. The van der Waals surface area contributed by atoms with E-state index < -0.39 is 11.6 Å². The van der Waals surface area contributed by atoms with Crippen molar-refractivity contribution < 1.29 is 14.6 Å². The molecule has 1 aromatic carbocycles. The number of esters is 1. The minimum atomic E-state index is -1.82. The number of fused-ring (bicyclic) bond motifs is 5. The second-order valence-corrected chi connectivity index (χ2v) is 7.20. The lowest BCUT2D eigenvalue weighted by atomic mass is 9.86. The first kappa shape index (κ1) is 17.1. The van der Waals surface area contributed by atoms with Crippen LogP contribution in [0.2, 0.25) is 0 Å². The van der Waals surface area contributed by atoms with Gasteiger partial charge in [-0.1, -0.05) is 25.1 Å². The second kappa shape index (κ2) is 5.73. The summed E-state index contributed by atoms with van der Waals surface area (Å²) in [6.45, 7) is 1.55. The average molecular weight is 377 g/mol. The maximum atomic E-state index is 13.3. The lowest BCUT2D eigenvalue weighted by molar-refractivity contribution is -0.172. The van der Waals surface area contributed by atoms with Gasteiger partial charge in [0.05, 0.1) is 22.5 Å². The van der Waals surface area contributed by atoms with Gasteiger partial charge in [0, 0.05) is 16.5 Å². The van der Waals surface area contributed by atoms with Crippen molar-refractivity contribution in [3.05, 3.63) is 63.4 Å². The molecule has 2 unspecified atom stereocenters. The van der Waals surface area contributed by atoms with Crippen molar-refractivity contribution in [1.29, 1.82) is 0 Å². The molecule has 7 heteroatoms. The number of aromatic nitrogens is 2. The Bertz CT molecular complexity index is 1220. The molecular formula is C21H19N3O4. The van der Waals surface area contributed by atoms with Crippen molar-refractivity contribution in [2.75, 3.05) is 7.05 Å². The van der Waals surface area contributed by atoms with E-state index in [0.717, 1.165) is 16.5 Å². The molecule has 2 aliphatic heterocycles. The van der Waals surface area contributed by atoms with Gasteiger partial charge in [-0.15, -0.1) is 0 Å². The molecular weight excluding hydrogens is 358 g/mol. The van der Waals surface area contributed by atoms with Crippen molar-refractivity contribution in [2.24, 2.45) is 0 Å². The van der Waals surface area contributed by atoms with Crippen LogP contribution in [-0.2, 0) is 21.7 Å². The fourth-order valence-electron chi connectivity index (χ4n) is 4.28. The zero-order chi connectivity index (χ0) is 19.6. The minimum Gasteiger partial charge on any atom is -0.458 e. The number of cyclic esters (lactones) is 1. The Balaban J connectivity index is 1.86. The summed E-state index contributed by atoms with van der Waals surface area (Å²) < 4.78 is 6.75. The van der Waals surface area contributed by atoms with Gasteiger partial charge >= 0.3 is 5.97 Å². The number of hydrogen-bond donors (Lipinski definition) is 2. The number of nitrogens with zero attached hydrogens (tertiary/aromatic N) is 2. The molecule has 2 aromatic heterocycles. The molecule has 4 heterocycles. The summed E-state index contributed by atoms with van der Waals surface area (Å²) in [7, 11) is 1.78. The van der Waals surface area contributed by atoms with Gasteiger partial charge in [-0.25, -0.2) is 9.78 Å². The third kappa shape index (κ3) is 2.03. The van der Waals surface area contributed by atoms with Gasteiger partial charge in [-0.3, -0.25) is 14.7 Å². The highest BCUT2D eigenvalue weighted by Crippen LogP contribution is 2.41. The van der Waals surface area contributed by atoms with Crippen LogP contribution in [-0.4, -0.2) is 27.7 Å². The first-order chi connectivity index (χ1) is 13.5. The van der Waals surface area contributed by atoms with Gasteiger partial charge in [0.1, 0.15) is 12.8 Å². The number of carbonyl (C=O) groups excluding carboxylic acids is 1. The number of para-hydroxylation sites is 1. The first-order valence-corrected chi connectivity index (χ1v) is 9.25. The number of benzene rings is 1. The number of nitrogens with one attached hydrogen (secondary N) is 1. The fraction of sp³-hybridized carbons (Fsp3) is 0.286. The lowest BCUT2D eigenvalue weighted by Gasteiger charge is -2.32. The van der Waals surface area contributed by atoms with Gasteiger partial charge < -0.3 is 9.84 Å². The Labute approximate surface area is 160 Å². The molecule has 2 N–H and O–H groups in total.